The maximum Gasteiger partial charge on any atom is 0.261 e. The minimum atomic E-state index is 0. The Kier molecular flexibility index (Phi) is 6.27. The number of aryl methyl sites for hydroxylation is 1. The zero-order valence-electron chi connectivity index (χ0n) is 17.3. The van der Waals surface area contributed by atoms with Gasteiger partial charge in [0.15, 0.2) is 0 Å². The summed E-state index contributed by atoms with van der Waals surface area (Å²) in [5.41, 5.74) is 2.09. The van der Waals surface area contributed by atoms with Crippen molar-refractivity contribution >= 4 is 46.9 Å². The number of carbonyl (C=O) groups is 1. The molecule has 0 bridgehead atoms. The van der Waals surface area contributed by atoms with Gasteiger partial charge >= 0.3 is 0 Å². The van der Waals surface area contributed by atoms with E-state index in [1.807, 2.05) is 12.4 Å². The van der Waals surface area contributed by atoms with Crippen molar-refractivity contribution in [3.8, 4) is 0 Å². The van der Waals surface area contributed by atoms with Crippen molar-refractivity contribution in [2.45, 2.75) is 44.6 Å². The number of thioether (sulfide) groups is 1. The van der Waals surface area contributed by atoms with Crippen molar-refractivity contribution in [1.29, 1.82) is 0 Å². The number of piperidine rings is 2. The number of H-pyrrole nitrogens is 1. The van der Waals surface area contributed by atoms with Crippen LogP contribution in [-0.4, -0.2) is 63.2 Å². The predicted molar refractivity (Wildman–Crippen MR) is 124 cm³/mol. The number of halogens is 1. The minimum absolute atomic E-state index is 0. The van der Waals surface area contributed by atoms with Gasteiger partial charge in [-0.05, 0) is 44.7 Å². The van der Waals surface area contributed by atoms with E-state index in [0.717, 1.165) is 65.7 Å². The molecule has 0 aliphatic carbocycles. The average Bonchev–Trinajstić information content (AvgIpc) is 3.15. The Morgan fingerprint density at radius 3 is 2.90 bits per heavy atom. The molecular weight excluding hydrogens is 420 g/mol. The summed E-state index contributed by atoms with van der Waals surface area (Å²) in [6, 6.07) is 0. The summed E-state index contributed by atoms with van der Waals surface area (Å²) < 4.78 is 0. The topological polar surface area (TPSA) is 77.2 Å². The largest absolute Gasteiger partial charge is 0.346 e. The monoisotopic (exact) mass is 448 g/mol. The Labute approximate surface area is 187 Å². The van der Waals surface area contributed by atoms with Crippen LogP contribution in [0.25, 0.3) is 11.0 Å². The van der Waals surface area contributed by atoms with E-state index in [0.29, 0.717) is 0 Å². The van der Waals surface area contributed by atoms with Crippen molar-refractivity contribution in [3.63, 3.8) is 0 Å². The van der Waals surface area contributed by atoms with Gasteiger partial charge < -0.3 is 20.1 Å². The lowest BCUT2D eigenvalue weighted by atomic mass is 9.82. The second kappa shape index (κ2) is 8.77. The fraction of sp³-hybridized carbons (Fsp3) is 0.571. The zero-order chi connectivity index (χ0) is 19.8. The number of aromatic amines is 1. The molecule has 3 aliphatic heterocycles. The number of fused-ring (bicyclic) bond motifs is 1. The first kappa shape index (κ1) is 21.5. The Morgan fingerprint density at radius 1 is 1.20 bits per heavy atom. The fourth-order valence-corrected chi connectivity index (χ4v) is 5.90. The molecule has 1 amide bonds. The lowest BCUT2D eigenvalue weighted by Gasteiger charge is -2.46. The number of rotatable bonds is 2. The molecule has 5 rings (SSSR count). The van der Waals surface area contributed by atoms with Crippen LogP contribution in [0.5, 0.6) is 0 Å². The highest BCUT2D eigenvalue weighted by molar-refractivity contribution is 8.04. The molecule has 7 nitrogen and oxygen atoms in total. The van der Waals surface area contributed by atoms with E-state index in [4.69, 9.17) is 0 Å². The lowest BCUT2D eigenvalue weighted by molar-refractivity contribution is -0.129. The van der Waals surface area contributed by atoms with E-state index in [9.17, 15) is 4.79 Å². The van der Waals surface area contributed by atoms with E-state index in [1.54, 1.807) is 18.1 Å². The van der Waals surface area contributed by atoms with Crippen molar-refractivity contribution < 1.29 is 4.79 Å². The molecule has 5 heterocycles. The van der Waals surface area contributed by atoms with Gasteiger partial charge in [0.25, 0.3) is 5.91 Å². The van der Waals surface area contributed by atoms with Crippen molar-refractivity contribution in [3.05, 3.63) is 29.2 Å². The highest BCUT2D eigenvalue weighted by atomic mass is 35.5. The SMILES string of the molecule is Cc1c[nH]c2ncnc(N3C=C(C(=O)N4CCCC5(CCCCN5)C4)SCC3)c12.Cl. The molecule has 0 saturated carbocycles. The second-order valence-corrected chi connectivity index (χ2v) is 9.56. The smallest absolute Gasteiger partial charge is 0.261 e. The summed E-state index contributed by atoms with van der Waals surface area (Å²) in [6.07, 6.45) is 11.5. The van der Waals surface area contributed by atoms with Gasteiger partial charge in [-0.15, -0.1) is 24.2 Å². The summed E-state index contributed by atoms with van der Waals surface area (Å²) >= 11 is 1.67. The Bertz CT molecular complexity index is 949. The van der Waals surface area contributed by atoms with E-state index in [1.165, 1.54) is 25.7 Å². The van der Waals surface area contributed by atoms with Gasteiger partial charge in [0.05, 0.1) is 10.3 Å². The molecule has 2 aromatic heterocycles. The van der Waals surface area contributed by atoms with E-state index >= 15 is 0 Å². The second-order valence-electron chi connectivity index (χ2n) is 8.42. The molecule has 2 aromatic rings. The number of amides is 1. The van der Waals surface area contributed by atoms with Gasteiger partial charge in [0.1, 0.15) is 17.8 Å². The third-order valence-corrected chi connectivity index (χ3v) is 7.42. The normalized spacial score (nSPS) is 24.6. The number of nitrogens with one attached hydrogen (secondary N) is 2. The van der Waals surface area contributed by atoms with Crippen LogP contribution in [0, 0.1) is 6.92 Å². The molecule has 30 heavy (non-hydrogen) atoms. The first-order chi connectivity index (χ1) is 14.2. The zero-order valence-corrected chi connectivity index (χ0v) is 18.9. The number of hydrogen-bond donors (Lipinski definition) is 2. The third-order valence-electron chi connectivity index (χ3n) is 6.44. The van der Waals surface area contributed by atoms with Crippen LogP contribution in [0.3, 0.4) is 0 Å². The Morgan fingerprint density at radius 2 is 2.07 bits per heavy atom. The molecule has 2 N–H and O–H groups in total. The number of aromatic nitrogens is 3. The molecule has 1 spiro atoms. The average molecular weight is 449 g/mol. The number of likely N-dealkylation sites (tertiary alicyclic amines) is 1. The number of anilines is 1. The summed E-state index contributed by atoms with van der Waals surface area (Å²) in [7, 11) is 0. The van der Waals surface area contributed by atoms with E-state index < -0.39 is 0 Å². The van der Waals surface area contributed by atoms with Gasteiger partial charge in [-0.1, -0.05) is 6.42 Å². The fourth-order valence-electron chi connectivity index (χ4n) is 4.94. The van der Waals surface area contributed by atoms with Gasteiger partial charge in [-0.3, -0.25) is 4.79 Å². The maximum absolute atomic E-state index is 13.4. The van der Waals surface area contributed by atoms with Crippen molar-refractivity contribution in [2.75, 3.05) is 36.8 Å². The molecular formula is C21H29ClN6OS. The maximum atomic E-state index is 13.4. The van der Waals surface area contributed by atoms with Crippen molar-refractivity contribution in [1.82, 2.24) is 25.2 Å². The highest BCUT2D eigenvalue weighted by Gasteiger charge is 2.38. The third kappa shape index (κ3) is 3.92. The molecule has 3 aliphatic rings. The molecule has 1 atom stereocenters. The molecule has 0 aromatic carbocycles. The summed E-state index contributed by atoms with van der Waals surface area (Å²) in [6.45, 7) is 5.66. The van der Waals surface area contributed by atoms with Crippen molar-refractivity contribution in [2.24, 2.45) is 0 Å². The molecule has 2 fully saturated rings. The summed E-state index contributed by atoms with van der Waals surface area (Å²) in [5.74, 6) is 1.93. The minimum Gasteiger partial charge on any atom is -0.346 e. The summed E-state index contributed by atoms with van der Waals surface area (Å²) in [4.78, 5) is 30.5. The Balaban J connectivity index is 0.00000218. The van der Waals surface area contributed by atoms with Crippen LogP contribution in [0.15, 0.2) is 23.6 Å². The molecule has 2 saturated heterocycles. The van der Waals surface area contributed by atoms with E-state index in [-0.39, 0.29) is 23.9 Å². The molecule has 0 radical (unpaired) electrons. The molecule has 162 valence electrons. The van der Waals surface area contributed by atoms with Crippen LogP contribution < -0.4 is 10.2 Å². The molecule has 9 heteroatoms. The summed E-state index contributed by atoms with van der Waals surface area (Å²) in [5, 5.41) is 4.76. The van der Waals surface area contributed by atoms with Gasteiger partial charge in [0.2, 0.25) is 0 Å². The van der Waals surface area contributed by atoms with Crippen LogP contribution in [0.2, 0.25) is 0 Å². The van der Waals surface area contributed by atoms with E-state index in [2.05, 4.69) is 37.0 Å². The number of hydrogen-bond acceptors (Lipinski definition) is 6. The first-order valence-corrected chi connectivity index (χ1v) is 11.6. The van der Waals surface area contributed by atoms with Crippen LogP contribution in [0.1, 0.15) is 37.7 Å². The highest BCUT2D eigenvalue weighted by Crippen LogP contribution is 2.34. The van der Waals surface area contributed by atoms with Gasteiger partial charge in [0, 0.05) is 43.3 Å². The number of nitrogens with zero attached hydrogens (tertiary/aromatic N) is 4. The van der Waals surface area contributed by atoms with Crippen LogP contribution >= 0.6 is 24.2 Å². The van der Waals surface area contributed by atoms with Crippen LogP contribution in [-0.2, 0) is 4.79 Å². The van der Waals surface area contributed by atoms with Gasteiger partial charge in [-0.25, -0.2) is 9.97 Å². The first-order valence-electron chi connectivity index (χ1n) is 10.6. The van der Waals surface area contributed by atoms with Crippen LogP contribution in [0.4, 0.5) is 5.82 Å². The lowest BCUT2D eigenvalue weighted by Crippen LogP contribution is -2.60. The van der Waals surface area contributed by atoms with Gasteiger partial charge in [-0.2, -0.15) is 0 Å². The standard InChI is InChI=1S/C21H28N6OS.ClH/c1-15-11-22-18-17(15)19(24-14-23-18)26-9-10-29-16(12-26)20(28)27-8-4-6-21(13-27)5-2-3-7-25-21;/h11-12,14,25H,2-10,13H2,1H3,(H,22,23,24);1H. The quantitative estimate of drug-likeness (QED) is 0.734. The Hall–Kier alpha value is -1.77. The molecule has 1 unspecified atom stereocenters. The number of carbonyl (C=O) groups excluding carboxylic acids is 1. The predicted octanol–water partition coefficient (Wildman–Crippen LogP) is 3.22.